The number of benzene rings is 1. The Kier molecular flexibility index (Phi) is 5.25. The molecule has 0 aliphatic heterocycles. The van der Waals surface area contributed by atoms with Crippen LogP contribution in [-0.2, 0) is 11.3 Å². The van der Waals surface area contributed by atoms with Gasteiger partial charge in [0.05, 0.1) is 12.7 Å². The topological polar surface area (TPSA) is 41.5 Å². The average molecular weight is 288 g/mol. The lowest BCUT2D eigenvalue weighted by Crippen LogP contribution is -2.30. The normalized spacial score (nSPS) is 14.6. The molecule has 0 saturated heterocycles. The number of methoxy groups -OCH3 is 1. The minimum atomic E-state index is 0.0117. The van der Waals surface area contributed by atoms with E-state index in [1.165, 1.54) is 0 Å². The molecule has 0 heterocycles. The summed E-state index contributed by atoms with van der Waals surface area (Å²) >= 11 is 3.42. The standard InChI is InChI=1S/C12H18BrNO2/c1-8(9(2)16-3)14-12-6-4-5-11(13)10(12)7-15/h4-6,8-9,14-15H,7H2,1-3H3. The molecule has 2 unspecified atom stereocenters. The van der Waals surface area contributed by atoms with Crippen molar-refractivity contribution in [2.24, 2.45) is 0 Å². The van der Waals surface area contributed by atoms with E-state index in [1.807, 2.05) is 25.1 Å². The van der Waals surface area contributed by atoms with Crippen molar-refractivity contribution in [2.75, 3.05) is 12.4 Å². The number of aliphatic hydroxyl groups is 1. The molecular weight excluding hydrogens is 270 g/mol. The zero-order chi connectivity index (χ0) is 12.1. The van der Waals surface area contributed by atoms with E-state index in [0.29, 0.717) is 0 Å². The van der Waals surface area contributed by atoms with Gasteiger partial charge in [0.25, 0.3) is 0 Å². The first-order chi connectivity index (χ1) is 7.60. The average Bonchev–Trinajstić information content (AvgIpc) is 2.28. The Hall–Kier alpha value is -0.580. The summed E-state index contributed by atoms with van der Waals surface area (Å²) in [7, 11) is 1.69. The number of anilines is 1. The van der Waals surface area contributed by atoms with Crippen molar-refractivity contribution in [3.63, 3.8) is 0 Å². The van der Waals surface area contributed by atoms with Gasteiger partial charge in [-0.25, -0.2) is 0 Å². The predicted molar refractivity (Wildman–Crippen MR) is 69.6 cm³/mol. The number of hydrogen-bond acceptors (Lipinski definition) is 3. The van der Waals surface area contributed by atoms with Crippen LogP contribution >= 0.6 is 15.9 Å². The van der Waals surface area contributed by atoms with Crippen LogP contribution in [0.4, 0.5) is 5.69 Å². The highest BCUT2D eigenvalue weighted by molar-refractivity contribution is 9.10. The number of hydrogen-bond donors (Lipinski definition) is 2. The molecule has 3 nitrogen and oxygen atoms in total. The number of rotatable bonds is 5. The third-order valence-corrected chi connectivity index (χ3v) is 3.48. The van der Waals surface area contributed by atoms with Gasteiger partial charge in [-0.1, -0.05) is 22.0 Å². The molecule has 16 heavy (non-hydrogen) atoms. The fraction of sp³-hybridized carbons (Fsp3) is 0.500. The predicted octanol–water partition coefficient (Wildman–Crippen LogP) is 2.78. The molecule has 4 heteroatoms. The lowest BCUT2D eigenvalue weighted by Gasteiger charge is -2.22. The van der Waals surface area contributed by atoms with Gasteiger partial charge in [0.2, 0.25) is 0 Å². The molecule has 1 aromatic carbocycles. The van der Waals surface area contributed by atoms with E-state index >= 15 is 0 Å². The van der Waals surface area contributed by atoms with Crippen molar-refractivity contribution in [3.05, 3.63) is 28.2 Å². The van der Waals surface area contributed by atoms with E-state index in [4.69, 9.17) is 4.74 Å². The fourth-order valence-corrected chi connectivity index (χ4v) is 1.91. The molecule has 90 valence electrons. The van der Waals surface area contributed by atoms with E-state index in [2.05, 4.69) is 28.2 Å². The summed E-state index contributed by atoms with van der Waals surface area (Å²) in [6.07, 6.45) is 0.116. The second-order valence-electron chi connectivity index (χ2n) is 3.80. The summed E-state index contributed by atoms with van der Waals surface area (Å²) in [4.78, 5) is 0. The lowest BCUT2D eigenvalue weighted by molar-refractivity contribution is 0.106. The molecule has 2 atom stereocenters. The maximum Gasteiger partial charge on any atom is 0.0741 e. The molecule has 0 radical (unpaired) electrons. The van der Waals surface area contributed by atoms with Crippen LogP contribution in [0.1, 0.15) is 19.4 Å². The molecule has 1 aromatic rings. The van der Waals surface area contributed by atoms with Gasteiger partial charge in [-0.05, 0) is 26.0 Å². The Morgan fingerprint density at radius 2 is 2.12 bits per heavy atom. The van der Waals surface area contributed by atoms with Crippen molar-refractivity contribution in [1.82, 2.24) is 0 Å². The summed E-state index contributed by atoms with van der Waals surface area (Å²) in [6, 6.07) is 6.00. The van der Waals surface area contributed by atoms with Crippen molar-refractivity contribution in [3.8, 4) is 0 Å². The highest BCUT2D eigenvalue weighted by Crippen LogP contribution is 2.25. The quantitative estimate of drug-likeness (QED) is 0.875. The Labute approximate surface area is 105 Å². The van der Waals surface area contributed by atoms with Crippen molar-refractivity contribution >= 4 is 21.6 Å². The number of aliphatic hydroxyl groups excluding tert-OH is 1. The van der Waals surface area contributed by atoms with Crippen LogP contribution in [0.25, 0.3) is 0 Å². The summed E-state index contributed by atoms with van der Waals surface area (Å²) in [6.45, 7) is 4.07. The monoisotopic (exact) mass is 287 g/mol. The van der Waals surface area contributed by atoms with Gasteiger partial charge < -0.3 is 15.2 Å². The Bertz CT molecular complexity index is 344. The van der Waals surface area contributed by atoms with Crippen LogP contribution in [-0.4, -0.2) is 24.4 Å². The minimum Gasteiger partial charge on any atom is -0.392 e. The molecule has 0 amide bonds. The largest absolute Gasteiger partial charge is 0.392 e. The van der Waals surface area contributed by atoms with Gasteiger partial charge in [0.1, 0.15) is 0 Å². The molecule has 0 spiro atoms. The van der Waals surface area contributed by atoms with E-state index < -0.39 is 0 Å². The molecular formula is C12H18BrNO2. The van der Waals surface area contributed by atoms with Gasteiger partial charge in [0.15, 0.2) is 0 Å². The van der Waals surface area contributed by atoms with Crippen molar-refractivity contribution in [2.45, 2.75) is 32.6 Å². The van der Waals surface area contributed by atoms with E-state index in [-0.39, 0.29) is 18.8 Å². The molecule has 2 N–H and O–H groups in total. The second-order valence-corrected chi connectivity index (χ2v) is 4.65. The maximum atomic E-state index is 9.31. The number of ether oxygens (including phenoxy) is 1. The summed E-state index contributed by atoms with van der Waals surface area (Å²) in [5.74, 6) is 0. The van der Waals surface area contributed by atoms with Crippen LogP contribution in [0.15, 0.2) is 22.7 Å². The highest BCUT2D eigenvalue weighted by atomic mass is 79.9. The van der Waals surface area contributed by atoms with Crippen molar-refractivity contribution in [1.29, 1.82) is 0 Å². The second kappa shape index (κ2) is 6.23. The molecule has 1 rings (SSSR count). The molecule has 0 bridgehead atoms. The first-order valence-electron chi connectivity index (χ1n) is 5.27. The van der Waals surface area contributed by atoms with Crippen molar-refractivity contribution < 1.29 is 9.84 Å². The zero-order valence-electron chi connectivity index (χ0n) is 9.83. The Morgan fingerprint density at radius 1 is 1.44 bits per heavy atom. The molecule has 0 aliphatic carbocycles. The van der Waals surface area contributed by atoms with Crippen LogP contribution in [0.3, 0.4) is 0 Å². The van der Waals surface area contributed by atoms with Crippen LogP contribution < -0.4 is 5.32 Å². The summed E-state index contributed by atoms with van der Waals surface area (Å²) in [5, 5.41) is 12.6. The van der Waals surface area contributed by atoms with Crippen LogP contribution in [0.2, 0.25) is 0 Å². The SMILES string of the molecule is COC(C)C(C)Nc1cccc(Br)c1CO. The summed E-state index contributed by atoms with van der Waals surface area (Å²) in [5.41, 5.74) is 1.81. The maximum absolute atomic E-state index is 9.31. The third kappa shape index (κ3) is 3.20. The third-order valence-electron chi connectivity index (χ3n) is 2.74. The summed E-state index contributed by atoms with van der Waals surface area (Å²) < 4.78 is 6.17. The Morgan fingerprint density at radius 3 is 2.69 bits per heavy atom. The minimum absolute atomic E-state index is 0.0117. The zero-order valence-corrected chi connectivity index (χ0v) is 11.4. The Balaban J connectivity index is 2.84. The first-order valence-corrected chi connectivity index (χ1v) is 6.07. The molecule has 0 saturated carbocycles. The van der Waals surface area contributed by atoms with Gasteiger partial charge in [-0.3, -0.25) is 0 Å². The van der Waals surface area contributed by atoms with E-state index in [0.717, 1.165) is 15.7 Å². The van der Waals surface area contributed by atoms with E-state index in [9.17, 15) is 5.11 Å². The number of nitrogens with one attached hydrogen (secondary N) is 1. The fourth-order valence-electron chi connectivity index (χ4n) is 1.42. The van der Waals surface area contributed by atoms with E-state index in [1.54, 1.807) is 7.11 Å². The van der Waals surface area contributed by atoms with Gasteiger partial charge in [0, 0.05) is 28.9 Å². The van der Waals surface area contributed by atoms with Gasteiger partial charge in [-0.2, -0.15) is 0 Å². The van der Waals surface area contributed by atoms with Crippen LogP contribution in [0, 0.1) is 0 Å². The first kappa shape index (κ1) is 13.5. The highest BCUT2D eigenvalue weighted by Gasteiger charge is 2.13. The van der Waals surface area contributed by atoms with Crippen LogP contribution in [0.5, 0.6) is 0 Å². The van der Waals surface area contributed by atoms with Gasteiger partial charge >= 0.3 is 0 Å². The molecule has 0 fully saturated rings. The van der Waals surface area contributed by atoms with Gasteiger partial charge in [-0.15, -0.1) is 0 Å². The number of halogens is 1. The molecule has 0 aliphatic rings. The smallest absolute Gasteiger partial charge is 0.0741 e. The lowest BCUT2D eigenvalue weighted by atomic mass is 10.1. The molecule has 0 aromatic heterocycles.